The molecule has 0 radical (unpaired) electrons. The molecule has 5 heteroatoms. The van der Waals surface area contributed by atoms with Crippen LogP contribution in [0, 0.1) is 0 Å². The number of rotatable bonds is 4. The first-order valence-corrected chi connectivity index (χ1v) is 2.27. The molecule has 0 aromatic heterocycles. The second-order valence-corrected chi connectivity index (χ2v) is 1.23. The smallest absolute Gasteiger partial charge is 0.329 e. The van der Waals surface area contributed by atoms with E-state index in [1.807, 2.05) is 0 Å². The van der Waals surface area contributed by atoms with Gasteiger partial charge in [-0.25, -0.2) is 4.79 Å². The normalized spacial score (nSPS) is 8.11. The van der Waals surface area contributed by atoms with Crippen LogP contribution in [-0.2, 0) is 9.53 Å². The highest BCUT2D eigenvalue weighted by Crippen LogP contribution is 1.69. The van der Waals surface area contributed by atoms with Gasteiger partial charge in [-0.15, -0.1) is 12.4 Å². The lowest BCUT2D eigenvalue weighted by molar-refractivity contribution is -0.142. The molecule has 0 atom stereocenters. The second-order valence-electron chi connectivity index (χ2n) is 1.23. The number of carbonyl (C=O) groups is 1. The van der Waals surface area contributed by atoms with Gasteiger partial charge in [0.1, 0.15) is 6.61 Å². The van der Waals surface area contributed by atoms with E-state index in [2.05, 4.69) is 4.74 Å². The summed E-state index contributed by atoms with van der Waals surface area (Å²) >= 11 is 0. The quantitative estimate of drug-likeness (QED) is 0.536. The van der Waals surface area contributed by atoms with Crippen LogP contribution in [-0.4, -0.2) is 30.8 Å². The van der Waals surface area contributed by atoms with Crippen molar-refractivity contribution in [2.75, 3.05) is 19.8 Å². The van der Waals surface area contributed by atoms with Crippen molar-refractivity contribution in [3.8, 4) is 0 Å². The Morgan fingerprint density at radius 2 is 2.22 bits per heavy atom. The third-order valence-corrected chi connectivity index (χ3v) is 0.488. The fourth-order valence-electron chi connectivity index (χ4n) is 0.243. The monoisotopic (exact) mass is 155 g/mol. The third-order valence-electron chi connectivity index (χ3n) is 0.488. The summed E-state index contributed by atoms with van der Waals surface area (Å²) in [4.78, 5) is 9.71. The average Bonchev–Trinajstić information content (AvgIpc) is 1.66. The SMILES string of the molecule is Cl.NCCOCC(=O)O. The Balaban J connectivity index is 0. The standard InChI is InChI=1S/C4H9NO3.ClH/c5-1-2-8-3-4(6)7;/h1-3,5H2,(H,6,7);1H. The summed E-state index contributed by atoms with van der Waals surface area (Å²) in [6, 6.07) is 0. The third kappa shape index (κ3) is 11.3. The molecule has 3 N–H and O–H groups in total. The molecule has 0 aromatic rings. The minimum Gasteiger partial charge on any atom is -0.480 e. The van der Waals surface area contributed by atoms with Crippen molar-refractivity contribution in [3.63, 3.8) is 0 Å². The molecule has 56 valence electrons. The molecule has 0 amide bonds. The van der Waals surface area contributed by atoms with Crippen LogP contribution in [0.25, 0.3) is 0 Å². The zero-order chi connectivity index (χ0) is 6.41. The maximum absolute atomic E-state index is 9.71. The zero-order valence-electron chi connectivity index (χ0n) is 4.87. The number of halogens is 1. The van der Waals surface area contributed by atoms with E-state index in [0.717, 1.165) is 0 Å². The molecule has 9 heavy (non-hydrogen) atoms. The molecule has 0 saturated carbocycles. The molecule has 0 rings (SSSR count). The predicted octanol–water partition coefficient (Wildman–Crippen LogP) is -0.532. The van der Waals surface area contributed by atoms with Crippen molar-refractivity contribution in [2.24, 2.45) is 5.73 Å². The van der Waals surface area contributed by atoms with Crippen LogP contribution >= 0.6 is 12.4 Å². The highest BCUT2D eigenvalue weighted by atomic mass is 35.5. The number of hydrogen-bond acceptors (Lipinski definition) is 3. The summed E-state index contributed by atoms with van der Waals surface area (Å²) in [6.07, 6.45) is 0. The molecule has 0 saturated heterocycles. The summed E-state index contributed by atoms with van der Waals surface area (Å²) in [5, 5.41) is 7.97. The van der Waals surface area contributed by atoms with Gasteiger partial charge in [-0.05, 0) is 0 Å². The first-order valence-electron chi connectivity index (χ1n) is 2.27. The van der Waals surface area contributed by atoms with Crippen molar-refractivity contribution in [3.05, 3.63) is 0 Å². The molecule has 0 spiro atoms. The van der Waals surface area contributed by atoms with Gasteiger partial charge in [0.15, 0.2) is 0 Å². The number of hydrogen-bond donors (Lipinski definition) is 2. The first-order chi connectivity index (χ1) is 3.77. The van der Waals surface area contributed by atoms with Gasteiger partial charge in [0.2, 0.25) is 0 Å². The van der Waals surface area contributed by atoms with E-state index in [4.69, 9.17) is 10.8 Å². The largest absolute Gasteiger partial charge is 0.480 e. The van der Waals surface area contributed by atoms with E-state index in [1.54, 1.807) is 0 Å². The first kappa shape index (κ1) is 11.5. The second kappa shape index (κ2) is 7.68. The molecule has 0 aliphatic heterocycles. The van der Waals surface area contributed by atoms with Crippen molar-refractivity contribution in [1.82, 2.24) is 0 Å². The van der Waals surface area contributed by atoms with Crippen LogP contribution in [0.2, 0.25) is 0 Å². The Morgan fingerprint density at radius 1 is 1.67 bits per heavy atom. The number of aliphatic carboxylic acids is 1. The molecule has 0 fully saturated rings. The fourth-order valence-corrected chi connectivity index (χ4v) is 0.243. The molecule has 0 bridgehead atoms. The zero-order valence-corrected chi connectivity index (χ0v) is 5.69. The molecule has 0 aliphatic rings. The summed E-state index contributed by atoms with van der Waals surface area (Å²) in [7, 11) is 0. The summed E-state index contributed by atoms with van der Waals surface area (Å²) in [5.74, 6) is -0.960. The molecule has 0 aliphatic carbocycles. The topological polar surface area (TPSA) is 72.5 Å². The molecule has 4 nitrogen and oxygen atoms in total. The maximum atomic E-state index is 9.71. The highest BCUT2D eigenvalue weighted by Gasteiger charge is 1.92. The van der Waals surface area contributed by atoms with Gasteiger partial charge < -0.3 is 15.6 Å². The number of nitrogens with two attached hydrogens (primary N) is 1. The molecule has 0 heterocycles. The minimum absolute atomic E-state index is 0. The van der Waals surface area contributed by atoms with Gasteiger partial charge >= 0.3 is 5.97 Å². The predicted molar refractivity (Wildman–Crippen MR) is 34.8 cm³/mol. The van der Waals surface area contributed by atoms with Crippen LogP contribution in [0.4, 0.5) is 0 Å². The Bertz CT molecular complexity index is 78.2. The van der Waals surface area contributed by atoms with Gasteiger partial charge in [0, 0.05) is 6.54 Å². The van der Waals surface area contributed by atoms with Crippen molar-refractivity contribution in [2.45, 2.75) is 0 Å². The summed E-state index contributed by atoms with van der Waals surface area (Å²) < 4.78 is 4.52. The Labute approximate surface area is 59.4 Å². The number of carboxylic acids is 1. The lowest BCUT2D eigenvalue weighted by Gasteiger charge is -1.94. The van der Waals surface area contributed by atoms with Gasteiger partial charge in [0.25, 0.3) is 0 Å². The number of ether oxygens (including phenoxy) is 1. The Morgan fingerprint density at radius 3 is 2.56 bits per heavy atom. The van der Waals surface area contributed by atoms with Crippen molar-refractivity contribution in [1.29, 1.82) is 0 Å². The van der Waals surface area contributed by atoms with E-state index in [9.17, 15) is 4.79 Å². The molecule has 0 unspecified atom stereocenters. The number of carboxylic acid groups (broad SMARTS) is 1. The van der Waals surface area contributed by atoms with Gasteiger partial charge in [-0.3, -0.25) is 0 Å². The van der Waals surface area contributed by atoms with Gasteiger partial charge in [-0.1, -0.05) is 0 Å². The molecular weight excluding hydrogens is 146 g/mol. The van der Waals surface area contributed by atoms with Crippen molar-refractivity contribution < 1.29 is 14.6 Å². The van der Waals surface area contributed by atoms with E-state index >= 15 is 0 Å². The molecule has 0 aromatic carbocycles. The maximum Gasteiger partial charge on any atom is 0.329 e. The lowest BCUT2D eigenvalue weighted by atomic mass is 10.7. The van der Waals surface area contributed by atoms with Crippen LogP contribution in [0.5, 0.6) is 0 Å². The van der Waals surface area contributed by atoms with Gasteiger partial charge in [-0.2, -0.15) is 0 Å². The van der Waals surface area contributed by atoms with E-state index < -0.39 is 5.97 Å². The van der Waals surface area contributed by atoms with E-state index in [0.29, 0.717) is 13.2 Å². The summed E-state index contributed by atoms with van der Waals surface area (Å²) in [5.41, 5.74) is 5.00. The van der Waals surface area contributed by atoms with Crippen LogP contribution < -0.4 is 5.73 Å². The van der Waals surface area contributed by atoms with Gasteiger partial charge in [0.05, 0.1) is 6.61 Å². The van der Waals surface area contributed by atoms with Crippen LogP contribution in [0.15, 0.2) is 0 Å². The average molecular weight is 156 g/mol. The van der Waals surface area contributed by atoms with Crippen LogP contribution in [0.1, 0.15) is 0 Å². The van der Waals surface area contributed by atoms with E-state index in [-0.39, 0.29) is 19.0 Å². The Hall–Kier alpha value is -0.320. The van der Waals surface area contributed by atoms with E-state index in [1.165, 1.54) is 0 Å². The lowest BCUT2D eigenvalue weighted by Crippen LogP contribution is -2.13. The Kier molecular flexibility index (Phi) is 9.79. The minimum atomic E-state index is -0.960. The van der Waals surface area contributed by atoms with Crippen LogP contribution in [0.3, 0.4) is 0 Å². The molecular formula is C4H10ClNO3. The fraction of sp³-hybridized carbons (Fsp3) is 0.750. The summed E-state index contributed by atoms with van der Waals surface area (Å²) in [6.45, 7) is 0.427. The van der Waals surface area contributed by atoms with Crippen molar-refractivity contribution >= 4 is 18.4 Å². The highest BCUT2D eigenvalue weighted by molar-refractivity contribution is 5.85.